The van der Waals surface area contributed by atoms with Gasteiger partial charge in [-0.15, -0.1) is 11.3 Å². The molecule has 0 fully saturated rings. The van der Waals surface area contributed by atoms with Crippen LogP contribution in [0.2, 0.25) is 0 Å². The second kappa shape index (κ2) is 7.22. The Labute approximate surface area is 156 Å². The summed E-state index contributed by atoms with van der Waals surface area (Å²) in [6.07, 6.45) is 1.84. The number of nitrogens with one attached hydrogen (secondary N) is 2. The Hall–Kier alpha value is -2.16. The molecule has 2 heterocycles. The highest BCUT2D eigenvalue weighted by molar-refractivity contribution is 7.91. The number of carbonyl (C=O) groups excluding carboxylic acids is 1. The second-order valence-corrected chi connectivity index (χ2v) is 9.31. The Morgan fingerprint density at radius 2 is 1.96 bits per heavy atom. The molecule has 138 valence electrons. The molecule has 6 nitrogen and oxygen atoms in total. The van der Waals surface area contributed by atoms with Crippen molar-refractivity contribution in [2.24, 2.45) is 0 Å². The number of furan rings is 1. The van der Waals surface area contributed by atoms with Gasteiger partial charge in [0.05, 0.1) is 19.2 Å². The predicted octanol–water partition coefficient (Wildman–Crippen LogP) is 2.88. The molecule has 0 bridgehead atoms. The van der Waals surface area contributed by atoms with E-state index in [2.05, 4.69) is 10.0 Å². The second-order valence-electron chi connectivity index (χ2n) is 6.03. The van der Waals surface area contributed by atoms with Crippen LogP contribution >= 0.6 is 11.3 Å². The number of aryl methyl sites for hydroxylation is 2. The van der Waals surface area contributed by atoms with Crippen LogP contribution in [-0.4, -0.2) is 21.4 Å². The fraction of sp³-hybridized carbons (Fsp3) is 0.278. The summed E-state index contributed by atoms with van der Waals surface area (Å²) in [5.41, 5.74) is 3.87. The molecule has 1 amide bonds. The lowest BCUT2D eigenvalue weighted by Gasteiger charge is -2.04. The van der Waals surface area contributed by atoms with Crippen LogP contribution in [0.25, 0.3) is 11.0 Å². The Morgan fingerprint density at radius 1 is 1.19 bits per heavy atom. The summed E-state index contributed by atoms with van der Waals surface area (Å²) >= 11 is 1.14. The largest absolute Gasteiger partial charge is 0.464 e. The summed E-state index contributed by atoms with van der Waals surface area (Å²) in [6, 6.07) is 7.23. The van der Waals surface area contributed by atoms with E-state index in [0.717, 1.165) is 43.9 Å². The molecule has 0 aliphatic carbocycles. The number of sulfonamides is 1. The molecule has 3 rings (SSSR count). The van der Waals surface area contributed by atoms with Gasteiger partial charge in [-0.1, -0.05) is 12.1 Å². The summed E-state index contributed by atoms with van der Waals surface area (Å²) in [4.78, 5) is 13.0. The van der Waals surface area contributed by atoms with Crippen molar-refractivity contribution in [1.82, 2.24) is 10.0 Å². The molecular weight excluding hydrogens is 372 g/mol. The monoisotopic (exact) mass is 392 g/mol. The smallest absolute Gasteiger partial charge is 0.249 e. The maximum Gasteiger partial charge on any atom is 0.249 e. The number of hydrogen-bond donors (Lipinski definition) is 2. The van der Waals surface area contributed by atoms with Crippen molar-refractivity contribution in [3.8, 4) is 0 Å². The van der Waals surface area contributed by atoms with Crippen molar-refractivity contribution in [1.29, 1.82) is 0 Å². The Morgan fingerprint density at radius 3 is 2.69 bits per heavy atom. The fourth-order valence-corrected chi connectivity index (χ4v) is 4.78. The molecule has 3 aromatic rings. The lowest BCUT2D eigenvalue weighted by atomic mass is 10.0. The molecule has 0 aliphatic rings. The van der Waals surface area contributed by atoms with E-state index in [1.54, 1.807) is 12.3 Å². The van der Waals surface area contributed by atoms with Crippen molar-refractivity contribution >= 4 is 38.2 Å². The first-order chi connectivity index (χ1) is 12.3. The molecule has 26 heavy (non-hydrogen) atoms. The average Bonchev–Trinajstić information content (AvgIpc) is 3.24. The molecule has 2 N–H and O–H groups in total. The number of fused-ring (bicyclic) bond motifs is 1. The summed E-state index contributed by atoms with van der Waals surface area (Å²) < 4.78 is 31.6. The molecule has 0 aliphatic heterocycles. The highest BCUT2D eigenvalue weighted by Gasteiger charge is 2.16. The first-order valence-electron chi connectivity index (χ1n) is 8.07. The first kappa shape index (κ1) is 18.6. The van der Waals surface area contributed by atoms with Crippen molar-refractivity contribution in [2.75, 3.05) is 7.05 Å². The van der Waals surface area contributed by atoms with Gasteiger partial charge in [-0.25, -0.2) is 13.1 Å². The van der Waals surface area contributed by atoms with E-state index in [0.29, 0.717) is 0 Å². The van der Waals surface area contributed by atoms with Crippen LogP contribution in [0.15, 0.2) is 39.2 Å². The minimum Gasteiger partial charge on any atom is -0.464 e. The van der Waals surface area contributed by atoms with Gasteiger partial charge in [-0.3, -0.25) is 4.79 Å². The number of benzene rings is 1. The highest BCUT2D eigenvalue weighted by atomic mass is 32.2. The molecule has 1 aromatic carbocycles. The minimum absolute atomic E-state index is 0.141. The van der Waals surface area contributed by atoms with Crippen molar-refractivity contribution in [3.63, 3.8) is 0 Å². The molecule has 0 unspecified atom stereocenters. The van der Waals surface area contributed by atoms with Gasteiger partial charge in [0.25, 0.3) is 0 Å². The number of thiophene rings is 1. The molecule has 0 saturated heterocycles. The molecule has 8 heteroatoms. The average molecular weight is 393 g/mol. The Bertz CT molecular complexity index is 1060. The van der Waals surface area contributed by atoms with E-state index in [4.69, 9.17) is 4.42 Å². The Balaban J connectivity index is 1.66. The van der Waals surface area contributed by atoms with Crippen LogP contribution in [0.3, 0.4) is 0 Å². The highest BCUT2D eigenvalue weighted by Crippen LogP contribution is 2.27. The summed E-state index contributed by atoms with van der Waals surface area (Å²) in [7, 11) is -2.08. The van der Waals surface area contributed by atoms with Crippen LogP contribution in [-0.2, 0) is 27.8 Å². The number of hydrogen-bond acceptors (Lipinski definition) is 5. The van der Waals surface area contributed by atoms with E-state index < -0.39 is 10.0 Å². The zero-order chi connectivity index (χ0) is 18.9. The van der Waals surface area contributed by atoms with Gasteiger partial charge in [0.1, 0.15) is 9.79 Å². The van der Waals surface area contributed by atoms with Gasteiger partial charge in [0.15, 0.2) is 0 Å². The number of rotatable bonds is 6. The maximum absolute atomic E-state index is 12.3. The van der Waals surface area contributed by atoms with Crippen molar-refractivity contribution in [2.45, 2.75) is 31.0 Å². The standard InChI is InChI=1S/C18H20N2O4S2/c1-11-4-6-15-13(10-24-18(15)12(11)2)8-16(21)20-9-14-5-7-17(25-14)26(22,23)19-3/h4-7,10,19H,8-9H2,1-3H3,(H,20,21). The fourth-order valence-electron chi connectivity index (χ4n) is 2.64. The molecular formula is C18H20N2O4S2. The van der Waals surface area contributed by atoms with Crippen LogP contribution in [0.1, 0.15) is 21.6 Å². The van der Waals surface area contributed by atoms with Gasteiger partial charge in [-0.2, -0.15) is 0 Å². The molecule has 0 saturated carbocycles. The lowest BCUT2D eigenvalue weighted by molar-refractivity contribution is -0.120. The number of amides is 1. The lowest BCUT2D eigenvalue weighted by Crippen LogP contribution is -2.24. The van der Waals surface area contributed by atoms with Crippen LogP contribution in [0.5, 0.6) is 0 Å². The normalized spacial score (nSPS) is 11.8. The van der Waals surface area contributed by atoms with Gasteiger partial charge in [-0.05, 0) is 44.2 Å². The van der Waals surface area contributed by atoms with Crippen LogP contribution in [0.4, 0.5) is 0 Å². The van der Waals surface area contributed by atoms with Gasteiger partial charge >= 0.3 is 0 Å². The molecule has 2 aromatic heterocycles. The predicted molar refractivity (Wildman–Crippen MR) is 102 cm³/mol. The zero-order valence-electron chi connectivity index (χ0n) is 14.8. The van der Waals surface area contributed by atoms with Gasteiger partial charge in [0.2, 0.25) is 15.9 Å². The third-order valence-corrected chi connectivity index (χ3v) is 7.31. The van der Waals surface area contributed by atoms with Crippen molar-refractivity contribution in [3.05, 3.63) is 52.1 Å². The SMILES string of the molecule is CNS(=O)(=O)c1ccc(CNC(=O)Cc2coc3c(C)c(C)ccc23)s1. The van der Waals surface area contributed by atoms with E-state index in [-0.39, 0.29) is 23.1 Å². The minimum atomic E-state index is -3.45. The summed E-state index contributed by atoms with van der Waals surface area (Å²) in [6.45, 7) is 4.31. The molecule has 0 spiro atoms. The van der Waals surface area contributed by atoms with Crippen LogP contribution < -0.4 is 10.0 Å². The van der Waals surface area contributed by atoms with Crippen molar-refractivity contribution < 1.29 is 17.6 Å². The topological polar surface area (TPSA) is 88.4 Å². The van der Waals surface area contributed by atoms with Gasteiger partial charge in [0, 0.05) is 15.8 Å². The first-order valence-corrected chi connectivity index (χ1v) is 10.4. The third-order valence-electron chi connectivity index (χ3n) is 4.32. The zero-order valence-corrected chi connectivity index (χ0v) is 16.4. The van der Waals surface area contributed by atoms with Gasteiger partial charge < -0.3 is 9.73 Å². The number of carbonyl (C=O) groups is 1. The maximum atomic E-state index is 12.3. The summed E-state index contributed by atoms with van der Waals surface area (Å²) in [5.74, 6) is -0.141. The van der Waals surface area contributed by atoms with E-state index in [9.17, 15) is 13.2 Å². The van der Waals surface area contributed by atoms with E-state index in [1.165, 1.54) is 13.1 Å². The third kappa shape index (κ3) is 3.67. The summed E-state index contributed by atoms with van der Waals surface area (Å²) in [5, 5.41) is 3.77. The van der Waals surface area contributed by atoms with E-state index >= 15 is 0 Å². The molecule has 0 radical (unpaired) electrons. The quantitative estimate of drug-likeness (QED) is 0.675. The van der Waals surface area contributed by atoms with Crippen LogP contribution in [0, 0.1) is 13.8 Å². The molecule has 0 atom stereocenters. The Kier molecular flexibility index (Phi) is 5.17. The van der Waals surface area contributed by atoms with E-state index in [1.807, 2.05) is 26.0 Å².